The van der Waals surface area contributed by atoms with Crippen molar-refractivity contribution in [2.45, 2.75) is 6.18 Å². The molecular weight excluding hydrogens is 327 g/mol. The van der Waals surface area contributed by atoms with E-state index >= 15 is 0 Å². The third kappa shape index (κ3) is 3.28. The molecule has 3 heterocycles. The zero-order valence-electron chi connectivity index (χ0n) is 13.2. The molecule has 130 valence electrons. The molecule has 0 amide bonds. The number of pyridine rings is 1. The van der Waals surface area contributed by atoms with Crippen LogP contribution >= 0.6 is 0 Å². The van der Waals surface area contributed by atoms with E-state index in [1.165, 1.54) is 17.0 Å². The summed E-state index contributed by atoms with van der Waals surface area (Å²) in [6.07, 6.45) is -4.63. The monoisotopic (exact) mass is 343 g/mol. The van der Waals surface area contributed by atoms with Crippen LogP contribution in [0.15, 0.2) is 16.7 Å². The van der Waals surface area contributed by atoms with Crippen molar-refractivity contribution in [3.8, 4) is 11.5 Å². The first-order chi connectivity index (χ1) is 11.4. The van der Waals surface area contributed by atoms with E-state index < -0.39 is 11.9 Å². The number of anilines is 2. The molecule has 0 atom stereocenters. The number of hydrogen-bond acceptors (Lipinski definition) is 7. The molecule has 10 heteroatoms. The van der Waals surface area contributed by atoms with Crippen LogP contribution < -0.4 is 9.80 Å². The van der Waals surface area contributed by atoms with E-state index in [9.17, 15) is 13.2 Å². The molecule has 3 rings (SSSR count). The predicted molar refractivity (Wildman–Crippen MR) is 79.9 cm³/mol. The van der Waals surface area contributed by atoms with Gasteiger partial charge in [0.15, 0.2) is 5.69 Å². The van der Waals surface area contributed by atoms with Gasteiger partial charge in [-0.1, -0.05) is 0 Å². The van der Waals surface area contributed by atoms with Gasteiger partial charge in [-0.2, -0.15) is 18.2 Å². The van der Waals surface area contributed by atoms with Crippen LogP contribution in [-0.2, 0) is 10.9 Å². The van der Waals surface area contributed by atoms with Crippen LogP contribution in [-0.4, -0.2) is 55.5 Å². The molecule has 1 fully saturated rings. The van der Waals surface area contributed by atoms with Gasteiger partial charge in [0.2, 0.25) is 0 Å². The van der Waals surface area contributed by atoms with Crippen molar-refractivity contribution in [2.24, 2.45) is 0 Å². The summed E-state index contributed by atoms with van der Waals surface area (Å²) in [4.78, 5) is 11.1. The number of aromatic nitrogens is 3. The van der Waals surface area contributed by atoms with Gasteiger partial charge in [0.25, 0.3) is 11.8 Å². The standard InChI is InChI=1S/C14H16F3N5O2/c1-21(2)13-19-12(24-20-13)9-3-4-10(18-11(9)14(15,16)17)22-5-7-23-8-6-22/h3-4H,5-8H2,1-2H3. The molecule has 0 unspecified atom stereocenters. The topological polar surface area (TPSA) is 67.5 Å². The summed E-state index contributed by atoms with van der Waals surface area (Å²) in [5.41, 5.74) is -1.28. The Labute approximate surface area is 136 Å². The smallest absolute Gasteiger partial charge is 0.378 e. The molecule has 24 heavy (non-hydrogen) atoms. The Bertz CT molecular complexity index is 711. The van der Waals surface area contributed by atoms with Crippen molar-refractivity contribution in [1.29, 1.82) is 0 Å². The lowest BCUT2D eigenvalue weighted by molar-refractivity contribution is -0.140. The number of alkyl halides is 3. The maximum absolute atomic E-state index is 13.4. The molecule has 0 bridgehead atoms. The predicted octanol–water partition coefficient (Wildman–Crippen LogP) is 2.05. The first-order valence-corrected chi connectivity index (χ1v) is 7.28. The molecule has 2 aromatic heterocycles. The maximum atomic E-state index is 13.4. The van der Waals surface area contributed by atoms with Gasteiger partial charge in [-0.25, -0.2) is 4.98 Å². The number of ether oxygens (including phenoxy) is 1. The molecule has 0 aliphatic carbocycles. The summed E-state index contributed by atoms with van der Waals surface area (Å²) < 4.78 is 50.5. The van der Waals surface area contributed by atoms with Gasteiger partial charge < -0.3 is 19.1 Å². The molecule has 0 spiro atoms. The van der Waals surface area contributed by atoms with E-state index in [1.54, 1.807) is 19.0 Å². The Kier molecular flexibility index (Phi) is 4.31. The highest BCUT2D eigenvalue weighted by atomic mass is 19.4. The molecule has 0 N–H and O–H groups in total. The average Bonchev–Trinajstić information content (AvgIpc) is 3.04. The number of rotatable bonds is 3. The van der Waals surface area contributed by atoms with E-state index in [0.29, 0.717) is 26.3 Å². The zero-order valence-corrected chi connectivity index (χ0v) is 13.2. The lowest BCUT2D eigenvalue weighted by Gasteiger charge is -2.28. The Balaban J connectivity index is 2.01. The third-order valence-electron chi connectivity index (χ3n) is 3.53. The van der Waals surface area contributed by atoms with Crippen molar-refractivity contribution in [3.63, 3.8) is 0 Å². The first kappa shape index (κ1) is 16.5. The van der Waals surface area contributed by atoms with Gasteiger partial charge in [0.05, 0.1) is 18.8 Å². The highest BCUT2D eigenvalue weighted by Gasteiger charge is 2.38. The number of nitrogens with zero attached hydrogens (tertiary/aromatic N) is 5. The van der Waals surface area contributed by atoms with Gasteiger partial charge in [-0.05, 0) is 17.3 Å². The van der Waals surface area contributed by atoms with Crippen LogP contribution in [0.5, 0.6) is 0 Å². The van der Waals surface area contributed by atoms with Gasteiger partial charge in [-0.15, -0.1) is 0 Å². The molecular formula is C14H16F3N5O2. The normalized spacial score (nSPS) is 15.6. The molecule has 1 aliphatic rings. The van der Waals surface area contributed by atoms with Crippen molar-refractivity contribution in [3.05, 3.63) is 17.8 Å². The zero-order chi connectivity index (χ0) is 17.3. The van der Waals surface area contributed by atoms with Crippen LogP contribution in [0.3, 0.4) is 0 Å². The quantitative estimate of drug-likeness (QED) is 0.845. The first-order valence-electron chi connectivity index (χ1n) is 7.28. The van der Waals surface area contributed by atoms with E-state index in [2.05, 4.69) is 15.1 Å². The van der Waals surface area contributed by atoms with E-state index in [1.807, 2.05) is 0 Å². The van der Waals surface area contributed by atoms with Gasteiger partial charge in [0, 0.05) is 27.2 Å². The van der Waals surface area contributed by atoms with E-state index in [-0.39, 0.29) is 23.2 Å². The minimum atomic E-state index is -4.63. The molecule has 1 saturated heterocycles. The molecule has 0 saturated carbocycles. The Hall–Kier alpha value is -2.36. The van der Waals surface area contributed by atoms with E-state index in [4.69, 9.17) is 9.26 Å². The van der Waals surface area contributed by atoms with Crippen LogP contribution in [0.4, 0.5) is 24.9 Å². The second kappa shape index (κ2) is 6.27. The second-order valence-corrected chi connectivity index (χ2v) is 5.46. The highest BCUT2D eigenvalue weighted by Crippen LogP contribution is 2.37. The maximum Gasteiger partial charge on any atom is 0.434 e. The summed E-state index contributed by atoms with van der Waals surface area (Å²) >= 11 is 0. The lowest BCUT2D eigenvalue weighted by atomic mass is 10.1. The minimum absolute atomic E-state index is 0.190. The summed E-state index contributed by atoms with van der Waals surface area (Å²) in [6, 6.07) is 2.84. The molecule has 0 aromatic carbocycles. The van der Waals surface area contributed by atoms with E-state index in [0.717, 1.165) is 0 Å². The Morgan fingerprint density at radius 1 is 1.12 bits per heavy atom. The number of morpholine rings is 1. The van der Waals surface area contributed by atoms with Gasteiger partial charge in [0.1, 0.15) is 5.82 Å². The largest absolute Gasteiger partial charge is 0.434 e. The molecule has 2 aromatic rings. The fourth-order valence-corrected chi connectivity index (χ4v) is 2.31. The van der Waals surface area contributed by atoms with Gasteiger partial charge in [-0.3, -0.25) is 0 Å². The number of halogens is 3. The SMILES string of the molecule is CN(C)c1noc(-c2ccc(N3CCOCC3)nc2C(F)(F)F)n1. The van der Waals surface area contributed by atoms with Crippen molar-refractivity contribution < 1.29 is 22.4 Å². The van der Waals surface area contributed by atoms with Crippen LogP contribution in [0.1, 0.15) is 5.69 Å². The van der Waals surface area contributed by atoms with Crippen LogP contribution in [0.2, 0.25) is 0 Å². The van der Waals surface area contributed by atoms with Crippen molar-refractivity contribution in [1.82, 2.24) is 15.1 Å². The summed E-state index contributed by atoms with van der Waals surface area (Å²) in [6.45, 7) is 1.91. The summed E-state index contributed by atoms with van der Waals surface area (Å²) in [5, 5.41) is 3.65. The molecule has 1 aliphatic heterocycles. The number of hydrogen-bond donors (Lipinski definition) is 0. The summed E-state index contributed by atoms with van der Waals surface area (Å²) in [7, 11) is 3.33. The third-order valence-corrected chi connectivity index (χ3v) is 3.53. The fraction of sp³-hybridized carbons (Fsp3) is 0.500. The second-order valence-electron chi connectivity index (χ2n) is 5.46. The minimum Gasteiger partial charge on any atom is -0.378 e. The van der Waals surface area contributed by atoms with Crippen LogP contribution in [0.25, 0.3) is 11.5 Å². The van der Waals surface area contributed by atoms with Gasteiger partial charge >= 0.3 is 6.18 Å². The molecule has 0 radical (unpaired) electrons. The highest BCUT2D eigenvalue weighted by molar-refractivity contribution is 5.61. The Morgan fingerprint density at radius 2 is 1.83 bits per heavy atom. The fourth-order valence-electron chi connectivity index (χ4n) is 2.31. The van der Waals surface area contributed by atoms with Crippen molar-refractivity contribution in [2.75, 3.05) is 50.2 Å². The Morgan fingerprint density at radius 3 is 2.42 bits per heavy atom. The lowest BCUT2D eigenvalue weighted by Crippen LogP contribution is -2.37. The molecule has 7 nitrogen and oxygen atoms in total. The van der Waals surface area contributed by atoms with Crippen LogP contribution in [0, 0.1) is 0 Å². The van der Waals surface area contributed by atoms with Crippen molar-refractivity contribution >= 4 is 11.8 Å². The average molecular weight is 343 g/mol. The summed E-state index contributed by atoms with van der Waals surface area (Å²) in [5.74, 6) is 0.226.